The van der Waals surface area contributed by atoms with E-state index in [4.69, 9.17) is 0 Å². The van der Waals surface area contributed by atoms with Crippen LogP contribution in [-0.4, -0.2) is 0 Å². The fourth-order valence-electron chi connectivity index (χ4n) is 2.24. The lowest BCUT2D eigenvalue weighted by atomic mass is 10.1. The molecule has 88 valence electrons. The number of aryl methyl sites for hydroxylation is 1. The van der Waals surface area contributed by atoms with Gasteiger partial charge in [-0.2, -0.15) is 0 Å². The van der Waals surface area contributed by atoms with E-state index >= 15 is 0 Å². The highest BCUT2D eigenvalue weighted by molar-refractivity contribution is 7.24. The molecule has 2 aromatic carbocycles. The lowest BCUT2D eigenvalue weighted by Gasteiger charge is -2.06. The van der Waals surface area contributed by atoms with Gasteiger partial charge in [0.1, 0.15) is 0 Å². The lowest BCUT2D eigenvalue weighted by molar-refractivity contribution is 1.52. The summed E-state index contributed by atoms with van der Waals surface area (Å²) in [6.45, 7) is 5.81. The smallest absolute Gasteiger partial charge is 0.196 e. The van der Waals surface area contributed by atoms with Crippen LogP contribution in [0.4, 0.5) is 0 Å². The van der Waals surface area contributed by atoms with Gasteiger partial charge in [-0.3, -0.25) is 4.79 Å². The Morgan fingerprint density at radius 2 is 1.94 bits per heavy atom. The molecular formula is C16H12OS. The molecule has 0 N–H and O–H groups in total. The van der Waals surface area contributed by atoms with Crippen LogP contribution in [0.25, 0.3) is 26.2 Å². The molecule has 1 aromatic heterocycles. The third kappa shape index (κ3) is 1.50. The maximum Gasteiger partial charge on any atom is 0.196 e. The molecule has 0 unspecified atom stereocenters. The summed E-state index contributed by atoms with van der Waals surface area (Å²) in [5.41, 5.74) is 2.19. The minimum Gasteiger partial charge on any atom is -0.288 e. The van der Waals surface area contributed by atoms with Crippen LogP contribution in [-0.2, 0) is 0 Å². The van der Waals surface area contributed by atoms with Gasteiger partial charge in [0.2, 0.25) is 0 Å². The van der Waals surface area contributed by atoms with Crippen LogP contribution in [0.2, 0.25) is 0 Å². The SMILES string of the molecule is C=Cc1ccc(C)c2c(=O)c3ccccc3sc12. The van der Waals surface area contributed by atoms with E-state index in [0.29, 0.717) is 0 Å². The molecule has 0 spiro atoms. The van der Waals surface area contributed by atoms with Gasteiger partial charge in [0, 0.05) is 20.2 Å². The number of fused-ring (bicyclic) bond motifs is 2. The monoisotopic (exact) mass is 252 g/mol. The Bertz CT molecular complexity index is 827. The number of hydrogen-bond donors (Lipinski definition) is 0. The predicted octanol–water partition coefficient (Wildman–Crippen LogP) is 4.37. The Labute approximate surface area is 109 Å². The first-order valence-corrected chi connectivity index (χ1v) is 6.61. The number of benzene rings is 2. The Hall–Kier alpha value is -1.93. The van der Waals surface area contributed by atoms with Crippen molar-refractivity contribution in [2.75, 3.05) is 0 Å². The first kappa shape index (κ1) is 11.2. The summed E-state index contributed by atoms with van der Waals surface area (Å²) in [6.07, 6.45) is 1.81. The largest absolute Gasteiger partial charge is 0.288 e. The van der Waals surface area contributed by atoms with Crippen LogP contribution >= 0.6 is 11.3 Å². The minimum atomic E-state index is 0.126. The van der Waals surface area contributed by atoms with Gasteiger partial charge in [-0.15, -0.1) is 11.3 Å². The van der Waals surface area contributed by atoms with Crippen molar-refractivity contribution in [3.8, 4) is 0 Å². The van der Waals surface area contributed by atoms with E-state index in [1.54, 1.807) is 11.3 Å². The molecule has 1 nitrogen and oxygen atoms in total. The molecule has 18 heavy (non-hydrogen) atoms. The highest BCUT2D eigenvalue weighted by Gasteiger charge is 2.09. The minimum absolute atomic E-state index is 0.126. The zero-order chi connectivity index (χ0) is 12.7. The predicted molar refractivity (Wildman–Crippen MR) is 80.4 cm³/mol. The molecule has 3 aromatic rings. The van der Waals surface area contributed by atoms with E-state index in [-0.39, 0.29) is 5.43 Å². The van der Waals surface area contributed by atoms with Crippen LogP contribution in [0.1, 0.15) is 11.1 Å². The molecule has 0 bridgehead atoms. The van der Waals surface area contributed by atoms with Gasteiger partial charge in [-0.05, 0) is 30.2 Å². The second-order valence-corrected chi connectivity index (χ2v) is 5.36. The molecule has 0 amide bonds. The first-order chi connectivity index (χ1) is 8.72. The molecule has 0 saturated carbocycles. The summed E-state index contributed by atoms with van der Waals surface area (Å²) in [5.74, 6) is 0. The molecule has 0 aliphatic rings. The molecular weight excluding hydrogens is 240 g/mol. The number of hydrogen-bond acceptors (Lipinski definition) is 2. The fraction of sp³-hybridized carbons (Fsp3) is 0.0625. The summed E-state index contributed by atoms with van der Waals surface area (Å²) in [6, 6.07) is 11.8. The van der Waals surface area contributed by atoms with Crippen molar-refractivity contribution in [2.45, 2.75) is 6.92 Å². The van der Waals surface area contributed by atoms with Gasteiger partial charge >= 0.3 is 0 Å². The topological polar surface area (TPSA) is 17.1 Å². The Balaban J connectivity index is 2.67. The molecule has 2 heteroatoms. The average molecular weight is 252 g/mol. The summed E-state index contributed by atoms with van der Waals surface area (Å²) >= 11 is 1.66. The van der Waals surface area contributed by atoms with Crippen molar-refractivity contribution in [1.29, 1.82) is 0 Å². The molecule has 0 aliphatic heterocycles. The summed E-state index contributed by atoms with van der Waals surface area (Å²) in [4.78, 5) is 12.5. The van der Waals surface area contributed by atoms with Crippen LogP contribution in [0.3, 0.4) is 0 Å². The van der Waals surface area contributed by atoms with Crippen LogP contribution in [0.5, 0.6) is 0 Å². The maximum absolute atomic E-state index is 12.5. The van der Waals surface area contributed by atoms with E-state index in [1.165, 1.54) is 0 Å². The van der Waals surface area contributed by atoms with Crippen molar-refractivity contribution < 1.29 is 0 Å². The van der Waals surface area contributed by atoms with Gasteiger partial charge < -0.3 is 0 Å². The third-order valence-electron chi connectivity index (χ3n) is 3.19. The number of rotatable bonds is 1. The average Bonchev–Trinajstić information content (AvgIpc) is 2.39. The van der Waals surface area contributed by atoms with Crippen LogP contribution in [0.15, 0.2) is 47.8 Å². The van der Waals surface area contributed by atoms with Crippen molar-refractivity contribution in [3.63, 3.8) is 0 Å². The van der Waals surface area contributed by atoms with Crippen molar-refractivity contribution in [1.82, 2.24) is 0 Å². The molecule has 0 fully saturated rings. The van der Waals surface area contributed by atoms with Gasteiger partial charge in [-0.1, -0.05) is 36.9 Å². The zero-order valence-corrected chi connectivity index (χ0v) is 10.9. The summed E-state index contributed by atoms with van der Waals surface area (Å²) in [5, 5.41) is 1.63. The quantitative estimate of drug-likeness (QED) is 0.588. The molecule has 3 rings (SSSR count). The van der Waals surface area contributed by atoms with Crippen LogP contribution < -0.4 is 5.43 Å². The van der Waals surface area contributed by atoms with Gasteiger partial charge in [-0.25, -0.2) is 0 Å². The lowest BCUT2D eigenvalue weighted by Crippen LogP contribution is -2.03. The molecule has 0 aliphatic carbocycles. The van der Waals surface area contributed by atoms with Crippen molar-refractivity contribution in [2.24, 2.45) is 0 Å². The Morgan fingerprint density at radius 3 is 2.72 bits per heavy atom. The summed E-state index contributed by atoms with van der Waals surface area (Å²) < 4.78 is 2.07. The molecule has 0 saturated heterocycles. The molecule has 1 heterocycles. The first-order valence-electron chi connectivity index (χ1n) is 5.80. The Morgan fingerprint density at radius 1 is 1.17 bits per heavy atom. The maximum atomic E-state index is 12.5. The molecule has 0 atom stereocenters. The van der Waals surface area contributed by atoms with E-state index in [9.17, 15) is 4.79 Å². The van der Waals surface area contributed by atoms with E-state index in [1.807, 2.05) is 49.4 Å². The summed E-state index contributed by atoms with van der Waals surface area (Å²) in [7, 11) is 0. The van der Waals surface area contributed by atoms with E-state index in [2.05, 4.69) is 6.58 Å². The molecule has 0 radical (unpaired) electrons. The van der Waals surface area contributed by atoms with E-state index in [0.717, 1.165) is 31.3 Å². The highest BCUT2D eigenvalue weighted by atomic mass is 32.1. The van der Waals surface area contributed by atoms with Crippen LogP contribution in [0, 0.1) is 6.92 Å². The second-order valence-electron chi connectivity index (χ2n) is 4.31. The fourth-order valence-corrected chi connectivity index (χ4v) is 3.50. The van der Waals surface area contributed by atoms with Gasteiger partial charge in [0.15, 0.2) is 5.43 Å². The van der Waals surface area contributed by atoms with Gasteiger partial charge in [0.05, 0.1) is 0 Å². The standard InChI is InChI=1S/C16H12OS/c1-3-11-9-8-10(2)14-15(17)12-6-4-5-7-13(12)18-16(11)14/h3-9H,1H2,2H3. The third-order valence-corrected chi connectivity index (χ3v) is 4.41. The highest BCUT2D eigenvalue weighted by Crippen LogP contribution is 2.29. The zero-order valence-electron chi connectivity index (χ0n) is 10.1. The van der Waals surface area contributed by atoms with Gasteiger partial charge in [0.25, 0.3) is 0 Å². The second kappa shape index (κ2) is 4.07. The Kier molecular flexibility index (Phi) is 2.53. The van der Waals surface area contributed by atoms with E-state index < -0.39 is 0 Å². The van der Waals surface area contributed by atoms with Crippen molar-refractivity contribution >= 4 is 37.6 Å². The normalized spacial score (nSPS) is 10.9. The van der Waals surface area contributed by atoms with Crippen molar-refractivity contribution in [3.05, 3.63) is 64.3 Å².